The van der Waals surface area contributed by atoms with Crippen LogP contribution in [0.25, 0.3) is 0 Å². The first kappa shape index (κ1) is 16.2. The lowest BCUT2D eigenvalue weighted by Crippen LogP contribution is -2.37. The van der Waals surface area contributed by atoms with E-state index in [-0.39, 0.29) is 17.4 Å². The fourth-order valence-electron chi connectivity index (χ4n) is 1.65. The Hall–Kier alpha value is -1.83. The minimum atomic E-state index is -1.14. The number of H-pyrrole nitrogens is 1. The van der Waals surface area contributed by atoms with Crippen molar-refractivity contribution in [2.75, 3.05) is 17.3 Å². The predicted octanol–water partition coefficient (Wildman–Crippen LogP) is 1.30. The second-order valence-electron chi connectivity index (χ2n) is 4.61. The Morgan fingerprint density at radius 3 is 2.70 bits per heavy atom. The van der Waals surface area contributed by atoms with E-state index < -0.39 is 22.8 Å². The molecule has 0 saturated heterocycles. The lowest BCUT2D eigenvalue weighted by molar-refractivity contribution is 0.0692. The van der Waals surface area contributed by atoms with Crippen molar-refractivity contribution in [3.8, 4) is 0 Å². The maximum Gasteiger partial charge on any atom is 0.354 e. The van der Waals surface area contributed by atoms with Gasteiger partial charge < -0.3 is 20.7 Å². The highest BCUT2D eigenvalue weighted by Crippen LogP contribution is 2.16. The van der Waals surface area contributed by atoms with Gasteiger partial charge in [0.2, 0.25) is 0 Å². The number of carboxylic acids is 1. The third-order valence-electron chi connectivity index (χ3n) is 2.63. The first-order chi connectivity index (χ1) is 9.29. The molecule has 0 bridgehead atoms. The van der Waals surface area contributed by atoms with Crippen molar-refractivity contribution in [1.29, 1.82) is 0 Å². The highest BCUT2D eigenvalue weighted by Gasteiger charge is 2.16. The molecule has 0 aliphatic heterocycles. The van der Waals surface area contributed by atoms with E-state index in [1.165, 1.54) is 0 Å². The summed E-state index contributed by atoms with van der Waals surface area (Å²) in [6.45, 7) is 3.50. The van der Waals surface area contributed by atoms with E-state index in [0.717, 1.165) is 0 Å². The first-order valence-electron chi connectivity index (χ1n) is 6.10. The Balaban J connectivity index is 2.58. The van der Waals surface area contributed by atoms with Crippen LogP contribution < -0.4 is 10.6 Å². The SMILES string of the molecule is Cc1cc(NC(=O)NC(C)CCS(C)=O)c(C(=O)O)[nH]1. The van der Waals surface area contributed by atoms with Gasteiger partial charge in [-0.1, -0.05) is 0 Å². The zero-order valence-electron chi connectivity index (χ0n) is 11.6. The molecule has 0 aromatic carbocycles. The number of carbonyl (C=O) groups is 2. The van der Waals surface area contributed by atoms with Gasteiger partial charge in [-0.25, -0.2) is 9.59 Å². The molecule has 2 atom stereocenters. The second-order valence-corrected chi connectivity index (χ2v) is 6.17. The van der Waals surface area contributed by atoms with Crippen molar-refractivity contribution in [1.82, 2.24) is 10.3 Å². The first-order valence-corrected chi connectivity index (χ1v) is 7.82. The van der Waals surface area contributed by atoms with Gasteiger partial charge in [0, 0.05) is 34.5 Å². The summed E-state index contributed by atoms with van der Waals surface area (Å²) in [7, 11) is -0.900. The molecule has 20 heavy (non-hydrogen) atoms. The van der Waals surface area contributed by atoms with Gasteiger partial charge in [0.15, 0.2) is 0 Å². The number of amides is 2. The van der Waals surface area contributed by atoms with E-state index >= 15 is 0 Å². The van der Waals surface area contributed by atoms with Crippen LogP contribution in [0.1, 0.15) is 29.5 Å². The topological polar surface area (TPSA) is 111 Å². The van der Waals surface area contributed by atoms with Crippen LogP contribution in [0.3, 0.4) is 0 Å². The molecule has 7 nitrogen and oxygen atoms in total. The third kappa shape index (κ3) is 5.04. The molecule has 0 saturated carbocycles. The highest BCUT2D eigenvalue weighted by molar-refractivity contribution is 7.84. The normalized spacial score (nSPS) is 13.6. The molecule has 2 amide bonds. The van der Waals surface area contributed by atoms with Gasteiger partial charge in [-0.15, -0.1) is 0 Å². The fourth-order valence-corrected chi connectivity index (χ4v) is 2.34. The largest absolute Gasteiger partial charge is 0.477 e. The van der Waals surface area contributed by atoms with Crippen molar-refractivity contribution in [2.24, 2.45) is 0 Å². The van der Waals surface area contributed by atoms with Gasteiger partial charge in [0.05, 0.1) is 5.69 Å². The summed E-state index contributed by atoms with van der Waals surface area (Å²) in [6.07, 6.45) is 2.20. The molecule has 1 rings (SSSR count). The number of urea groups is 1. The van der Waals surface area contributed by atoms with Crippen LogP contribution in [0.4, 0.5) is 10.5 Å². The van der Waals surface area contributed by atoms with Crippen LogP contribution >= 0.6 is 0 Å². The minimum absolute atomic E-state index is 0.0556. The smallest absolute Gasteiger partial charge is 0.354 e. The van der Waals surface area contributed by atoms with Crippen molar-refractivity contribution in [2.45, 2.75) is 26.3 Å². The van der Waals surface area contributed by atoms with E-state index in [0.29, 0.717) is 17.9 Å². The van der Waals surface area contributed by atoms with Crippen LogP contribution in [-0.4, -0.2) is 44.4 Å². The molecule has 1 heterocycles. The molecule has 0 spiro atoms. The van der Waals surface area contributed by atoms with Crippen molar-refractivity contribution < 1.29 is 18.9 Å². The summed E-state index contributed by atoms with van der Waals surface area (Å²) in [4.78, 5) is 25.4. The lowest BCUT2D eigenvalue weighted by atomic mass is 10.3. The molecule has 0 aliphatic carbocycles. The van der Waals surface area contributed by atoms with Gasteiger partial charge in [0.1, 0.15) is 5.69 Å². The summed E-state index contributed by atoms with van der Waals surface area (Å²) in [5.74, 6) is -0.631. The van der Waals surface area contributed by atoms with Crippen molar-refractivity contribution >= 4 is 28.5 Å². The molecule has 1 aromatic heterocycles. The maximum atomic E-state index is 11.7. The van der Waals surface area contributed by atoms with E-state index in [2.05, 4.69) is 15.6 Å². The maximum absolute atomic E-state index is 11.7. The van der Waals surface area contributed by atoms with Crippen LogP contribution in [0.15, 0.2) is 6.07 Å². The van der Waals surface area contributed by atoms with Crippen LogP contribution in [0, 0.1) is 6.92 Å². The average molecular weight is 301 g/mol. The number of hydrogen-bond donors (Lipinski definition) is 4. The molecular formula is C12H19N3O4S. The number of anilines is 1. The Bertz CT molecular complexity index is 527. The summed E-state index contributed by atoms with van der Waals surface area (Å²) in [5.41, 5.74) is 0.811. The molecule has 8 heteroatoms. The highest BCUT2D eigenvalue weighted by atomic mass is 32.2. The summed E-state index contributed by atoms with van der Waals surface area (Å²) < 4.78 is 11.0. The quantitative estimate of drug-likeness (QED) is 0.634. The zero-order chi connectivity index (χ0) is 15.3. The number of nitrogens with one attached hydrogen (secondary N) is 3. The molecule has 4 N–H and O–H groups in total. The van der Waals surface area contributed by atoms with E-state index in [1.54, 1.807) is 26.2 Å². The fraction of sp³-hybridized carbons (Fsp3) is 0.500. The van der Waals surface area contributed by atoms with Gasteiger partial charge in [-0.3, -0.25) is 4.21 Å². The second kappa shape index (κ2) is 7.09. The Kier molecular flexibility index (Phi) is 5.75. The third-order valence-corrected chi connectivity index (χ3v) is 3.44. The number of aromatic amines is 1. The molecule has 0 radical (unpaired) electrons. The molecule has 112 valence electrons. The standard InChI is InChI=1S/C12H19N3O4S/c1-7(4-5-20(3)19)14-12(18)15-9-6-8(2)13-10(9)11(16)17/h6-7,13H,4-5H2,1-3H3,(H,16,17)(H2,14,15,18). The number of aryl methyl sites for hydroxylation is 1. The monoisotopic (exact) mass is 301 g/mol. The Morgan fingerprint density at radius 1 is 1.50 bits per heavy atom. The van der Waals surface area contributed by atoms with Crippen molar-refractivity contribution in [3.63, 3.8) is 0 Å². The predicted molar refractivity (Wildman–Crippen MR) is 77.7 cm³/mol. The van der Waals surface area contributed by atoms with Gasteiger partial charge >= 0.3 is 12.0 Å². The Labute approximate surface area is 119 Å². The van der Waals surface area contributed by atoms with Crippen molar-refractivity contribution in [3.05, 3.63) is 17.5 Å². The Morgan fingerprint density at radius 2 is 2.15 bits per heavy atom. The number of aromatic nitrogens is 1. The summed E-state index contributed by atoms with van der Waals surface area (Å²) >= 11 is 0. The number of carboxylic acid groups (broad SMARTS) is 1. The number of hydrogen-bond acceptors (Lipinski definition) is 3. The van der Waals surface area contributed by atoms with Gasteiger partial charge in [-0.05, 0) is 26.3 Å². The summed E-state index contributed by atoms with van der Waals surface area (Å²) in [5, 5.41) is 14.1. The van der Waals surface area contributed by atoms with Gasteiger partial charge in [-0.2, -0.15) is 0 Å². The van der Waals surface area contributed by atoms with Crippen LogP contribution in [-0.2, 0) is 10.8 Å². The zero-order valence-corrected chi connectivity index (χ0v) is 12.5. The van der Waals surface area contributed by atoms with E-state index in [9.17, 15) is 13.8 Å². The van der Waals surface area contributed by atoms with E-state index in [4.69, 9.17) is 5.11 Å². The van der Waals surface area contributed by atoms with E-state index in [1.807, 2.05) is 0 Å². The number of carbonyl (C=O) groups excluding carboxylic acids is 1. The molecule has 2 unspecified atom stereocenters. The lowest BCUT2D eigenvalue weighted by Gasteiger charge is -2.13. The molecule has 0 aliphatic rings. The molecular weight excluding hydrogens is 282 g/mol. The number of rotatable bonds is 6. The average Bonchev–Trinajstić information content (AvgIpc) is 2.67. The van der Waals surface area contributed by atoms with Crippen LogP contribution in [0.5, 0.6) is 0 Å². The number of aromatic carboxylic acids is 1. The minimum Gasteiger partial charge on any atom is -0.477 e. The molecule has 1 aromatic rings. The molecule has 0 fully saturated rings. The van der Waals surface area contributed by atoms with Crippen LogP contribution in [0.2, 0.25) is 0 Å². The summed E-state index contributed by atoms with van der Waals surface area (Å²) in [6, 6.07) is 0.919. The van der Waals surface area contributed by atoms with Gasteiger partial charge in [0.25, 0.3) is 0 Å².